The second-order valence-electron chi connectivity index (χ2n) is 6.31. The van der Waals surface area contributed by atoms with E-state index in [4.69, 9.17) is 0 Å². The van der Waals surface area contributed by atoms with E-state index >= 15 is 0 Å². The van der Waals surface area contributed by atoms with E-state index < -0.39 is 0 Å². The van der Waals surface area contributed by atoms with Gasteiger partial charge in [-0.25, -0.2) is 9.97 Å². The van der Waals surface area contributed by atoms with Gasteiger partial charge in [-0.2, -0.15) is 0 Å². The van der Waals surface area contributed by atoms with Crippen LogP contribution < -0.4 is 5.32 Å². The molecule has 0 spiro atoms. The first-order valence-corrected chi connectivity index (χ1v) is 8.77. The molecule has 0 aliphatic rings. The van der Waals surface area contributed by atoms with Crippen LogP contribution in [0.1, 0.15) is 16.1 Å². The fourth-order valence-corrected chi connectivity index (χ4v) is 2.84. The fraction of sp³-hybridized carbons (Fsp3) is 0.0952. The average Bonchev–Trinajstić information content (AvgIpc) is 3.15. The van der Waals surface area contributed by atoms with Gasteiger partial charge in [0, 0.05) is 73.7 Å². The number of hydrogen-bond donors (Lipinski definition) is 1. The van der Waals surface area contributed by atoms with Crippen LogP contribution in [-0.2, 0) is 13.6 Å². The zero-order chi connectivity index (χ0) is 19.3. The van der Waals surface area contributed by atoms with Crippen LogP contribution >= 0.6 is 0 Å². The predicted molar refractivity (Wildman–Crippen MR) is 105 cm³/mol. The first kappa shape index (κ1) is 17.5. The van der Waals surface area contributed by atoms with Gasteiger partial charge in [-0.05, 0) is 29.8 Å². The Morgan fingerprint density at radius 1 is 0.964 bits per heavy atom. The molecule has 7 heteroatoms. The van der Waals surface area contributed by atoms with Gasteiger partial charge < -0.3 is 9.88 Å². The van der Waals surface area contributed by atoms with Crippen molar-refractivity contribution in [2.75, 3.05) is 0 Å². The van der Waals surface area contributed by atoms with Crippen LogP contribution in [0, 0.1) is 0 Å². The zero-order valence-electron chi connectivity index (χ0n) is 15.3. The average molecular weight is 370 g/mol. The highest BCUT2D eigenvalue weighted by atomic mass is 16.1. The number of nitrogens with zero attached hydrogens (tertiary/aromatic N) is 5. The van der Waals surface area contributed by atoms with Crippen molar-refractivity contribution in [3.05, 3.63) is 85.0 Å². The molecule has 28 heavy (non-hydrogen) atoms. The van der Waals surface area contributed by atoms with Crippen LogP contribution in [0.2, 0.25) is 0 Å². The molecule has 0 atom stereocenters. The van der Waals surface area contributed by atoms with Crippen LogP contribution in [0.4, 0.5) is 0 Å². The Morgan fingerprint density at radius 3 is 2.39 bits per heavy atom. The van der Waals surface area contributed by atoms with Crippen molar-refractivity contribution >= 4 is 5.91 Å². The molecule has 4 heterocycles. The normalized spacial score (nSPS) is 10.6. The Balaban J connectivity index is 1.50. The van der Waals surface area contributed by atoms with Crippen molar-refractivity contribution in [1.29, 1.82) is 0 Å². The van der Waals surface area contributed by atoms with E-state index in [2.05, 4.69) is 25.3 Å². The summed E-state index contributed by atoms with van der Waals surface area (Å²) in [6, 6.07) is 9.36. The minimum absolute atomic E-state index is 0.148. The third kappa shape index (κ3) is 3.78. The quantitative estimate of drug-likeness (QED) is 0.584. The van der Waals surface area contributed by atoms with Crippen molar-refractivity contribution in [1.82, 2.24) is 29.8 Å². The molecule has 138 valence electrons. The summed E-state index contributed by atoms with van der Waals surface area (Å²) in [5.74, 6) is 0.465. The van der Waals surface area contributed by atoms with Crippen LogP contribution in [-0.4, -0.2) is 30.4 Å². The first-order valence-electron chi connectivity index (χ1n) is 8.77. The largest absolute Gasteiger partial charge is 0.347 e. The van der Waals surface area contributed by atoms with Crippen molar-refractivity contribution in [3.8, 4) is 22.5 Å². The number of nitrogens with one attached hydrogen (secondary N) is 1. The number of aryl methyl sites for hydroxylation is 1. The molecule has 0 aromatic carbocycles. The Hall–Kier alpha value is -3.87. The smallest absolute Gasteiger partial charge is 0.268 e. The summed E-state index contributed by atoms with van der Waals surface area (Å²) in [6.07, 6.45) is 12.3. The molecule has 1 amide bonds. The van der Waals surface area contributed by atoms with Gasteiger partial charge in [-0.15, -0.1) is 0 Å². The molecule has 1 N–H and O–H groups in total. The van der Waals surface area contributed by atoms with E-state index in [1.807, 2.05) is 43.6 Å². The standard InChI is InChI=1S/C21H18N6O/c1-27-14-17(8-19(27)21(28)26-10-15-4-2-6-22-9-15)18-12-24-20(25-13-18)16-5-3-7-23-11-16/h2-9,11-14H,10H2,1H3,(H,26,28). The van der Waals surface area contributed by atoms with Crippen LogP contribution in [0.3, 0.4) is 0 Å². The van der Waals surface area contributed by atoms with Gasteiger partial charge >= 0.3 is 0 Å². The third-order valence-electron chi connectivity index (χ3n) is 4.32. The summed E-state index contributed by atoms with van der Waals surface area (Å²) >= 11 is 0. The van der Waals surface area contributed by atoms with Crippen LogP contribution in [0.25, 0.3) is 22.5 Å². The van der Waals surface area contributed by atoms with E-state index in [0.29, 0.717) is 18.1 Å². The summed E-state index contributed by atoms with van der Waals surface area (Å²) in [5.41, 5.74) is 4.10. The lowest BCUT2D eigenvalue weighted by atomic mass is 10.1. The molecule has 4 rings (SSSR count). The zero-order valence-corrected chi connectivity index (χ0v) is 15.3. The van der Waals surface area contributed by atoms with E-state index in [1.165, 1.54) is 0 Å². The summed E-state index contributed by atoms with van der Waals surface area (Å²) in [7, 11) is 1.84. The Labute approximate surface area is 162 Å². The van der Waals surface area contributed by atoms with E-state index in [9.17, 15) is 4.79 Å². The molecule has 4 aromatic rings. The monoisotopic (exact) mass is 370 g/mol. The van der Waals surface area contributed by atoms with Gasteiger partial charge in [0.25, 0.3) is 5.91 Å². The number of aromatic nitrogens is 5. The molecule has 0 radical (unpaired) electrons. The molecule has 0 unspecified atom stereocenters. The number of carbonyl (C=O) groups excluding carboxylic acids is 1. The Morgan fingerprint density at radius 2 is 1.71 bits per heavy atom. The van der Waals surface area contributed by atoms with Gasteiger partial charge in [0.2, 0.25) is 0 Å². The maximum absolute atomic E-state index is 12.5. The minimum Gasteiger partial charge on any atom is -0.347 e. The summed E-state index contributed by atoms with van der Waals surface area (Å²) in [5, 5.41) is 2.91. The maximum Gasteiger partial charge on any atom is 0.268 e. The van der Waals surface area contributed by atoms with Gasteiger partial charge in [-0.1, -0.05) is 6.07 Å². The molecule has 0 aliphatic carbocycles. The number of carbonyl (C=O) groups is 1. The van der Waals surface area contributed by atoms with Crippen molar-refractivity contribution in [2.24, 2.45) is 7.05 Å². The van der Waals surface area contributed by atoms with E-state index in [1.54, 1.807) is 41.7 Å². The molecule has 7 nitrogen and oxygen atoms in total. The summed E-state index contributed by atoms with van der Waals surface area (Å²) in [4.78, 5) is 29.5. The molecule has 4 aromatic heterocycles. The minimum atomic E-state index is -0.148. The van der Waals surface area contributed by atoms with Crippen molar-refractivity contribution < 1.29 is 4.79 Å². The third-order valence-corrected chi connectivity index (χ3v) is 4.32. The van der Waals surface area contributed by atoms with Gasteiger partial charge in [0.1, 0.15) is 5.69 Å². The van der Waals surface area contributed by atoms with E-state index in [-0.39, 0.29) is 5.91 Å². The maximum atomic E-state index is 12.5. The molecule has 0 saturated carbocycles. The molecule has 0 bridgehead atoms. The first-order chi connectivity index (χ1) is 13.7. The second kappa shape index (κ2) is 7.79. The van der Waals surface area contributed by atoms with Gasteiger partial charge in [0.05, 0.1) is 0 Å². The highest BCUT2D eigenvalue weighted by molar-refractivity contribution is 5.94. The highest BCUT2D eigenvalue weighted by Crippen LogP contribution is 2.22. The van der Waals surface area contributed by atoms with Crippen molar-refractivity contribution in [3.63, 3.8) is 0 Å². The van der Waals surface area contributed by atoms with Crippen LogP contribution in [0.15, 0.2) is 73.7 Å². The molecular weight excluding hydrogens is 352 g/mol. The number of pyridine rings is 2. The molecule has 0 fully saturated rings. The van der Waals surface area contributed by atoms with E-state index in [0.717, 1.165) is 22.3 Å². The summed E-state index contributed by atoms with van der Waals surface area (Å²) in [6.45, 7) is 0.427. The lowest BCUT2D eigenvalue weighted by molar-refractivity contribution is 0.0943. The second-order valence-corrected chi connectivity index (χ2v) is 6.31. The number of hydrogen-bond acceptors (Lipinski definition) is 5. The van der Waals surface area contributed by atoms with Crippen LogP contribution in [0.5, 0.6) is 0 Å². The Kier molecular flexibility index (Phi) is 4.88. The summed E-state index contributed by atoms with van der Waals surface area (Å²) < 4.78 is 1.79. The topological polar surface area (TPSA) is 85.6 Å². The number of amides is 1. The van der Waals surface area contributed by atoms with Crippen molar-refractivity contribution in [2.45, 2.75) is 6.54 Å². The van der Waals surface area contributed by atoms with Gasteiger partial charge in [0.15, 0.2) is 5.82 Å². The SMILES string of the molecule is Cn1cc(-c2cnc(-c3cccnc3)nc2)cc1C(=O)NCc1cccnc1. The lowest BCUT2D eigenvalue weighted by Crippen LogP contribution is -2.24. The fourth-order valence-electron chi connectivity index (χ4n) is 2.84. The highest BCUT2D eigenvalue weighted by Gasteiger charge is 2.13. The molecule has 0 aliphatic heterocycles. The molecule has 0 saturated heterocycles. The van der Waals surface area contributed by atoms with Gasteiger partial charge in [-0.3, -0.25) is 14.8 Å². The molecular formula is C21H18N6O. The lowest BCUT2D eigenvalue weighted by Gasteiger charge is -2.05. The number of rotatable bonds is 5. The predicted octanol–water partition coefficient (Wildman–Crippen LogP) is 2.87. The Bertz CT molecular complexity index is 1080.